The van der Waals surface area contributed by atoms with Gasteiger partial charge in [0.25, 0.3) is 0 Å². The molecule has 5 nitrogen and oxygen atoms in total. The highest BCUT2D eigenvalue weighted by molar-refractivity contribution is 6.36. The summed E-state index contributed by atoms with van der Waals surface area (Å²) in [6, 6.07) is 9.79. The van der Waals surface area contributed by atoms with E-state index in [4.69, 9.17) is 17.3 Å². The van der Waals surface area contributed by atoms with Crippen LogP contribution in [-0.2, 0) is 0 Å². The first-order valence-corrected chi connectivity index (χ1v) is 6.25. The number of halogens is 1. The number of H-pyrrole nitrogens is 2. The Kier molecular flexibility index (Phi) is 2.84. The molecule has 6 heteroatoms. The maximum absolute atomic E-state index is 12.5. The van der Waals surface area contributed by atoms with Crippen molar-refractivity contribution < 1.29 is 4.79 Å². The molecule has 0 spiro atoms. The molecule has 0 aliphatic rings. The number of nitrogens with two attached hydrogens (primary N) is 1. The summed E-state index contributed by atoms with van der Waals surface area (Å²) in [6.07, 6.45) is 0. The van der Waals surface area contributed by atoms with Crippen LogP contribution in [0.25, 0.3) is 11.0 Å². The third-order valence-corrected chi connectivity index (χ3v) is 3.37. The summed E-state index contributed by atoms with van der Waals surface area (Å²) in [5, 5.41) is 0.303. The van der Waals surface area contributed by atoms with Gasteiger partial charge in [0.05, 0.1) is 21.6 Å². The first kappa shape index (κ1) is 12.5. The van der Waals surface area contributed by atoms with Gasteiger partial charge in [-0.1, -0.05) is 17.7 Å². The van der Waals surface area contributed by atoms with Gasteiger partial charge in [-0.3, -0.25) is 4.79 Å². The fourth-order valence-corrected chi connectivity index (χ4v) is 2.37. The van der Waals surface area contributed by atoms with Crippen molar-refractivity contribution in [2.24, 2.45) is 0 Å². The summed E-state index contributed by atoms with van der Waals surface area (Å²) in [5.74, 6) is -0.281. The van der Waals surface area contributed by atoms with Gasteiger partial charge in [0, 0.05) is 11.3 Å². The maximum atomic E-state index is 12.5. The molecule has 1 aromatic heterocycles. The van der Waals surface area contributed by atoms with Gasteiger partial charge in [-0.2, -0.15) is 0 Å². The Hall–Kier alpha value is -2.53. The number of aromatic amines is 2. The minimum absolute atomic E-state index is 0.270. The summed E-state index contributed by atoms with van der Waals surface area (Å²) < 4.78 is 0. The van der Waals surface area contributed by atoms with Crippen LogP contribution in [0, 0.1) is 0 Å². The second-order valence-corrected chi connectivity index (χ2v) is 4.78. The van der Waals surface area contributed by atoms with E-state index >= 15 is 0 Å². The number of fused-ring (bicyclic) bond motifs is 1. The van der Waals surface area contributed by atoms with Crippen LogP contribution in [0.5, 0.6) is 0 Å². The fourth-order valence-electron chi connectivity index (χ4n) is 2.10. The molecule has 0 saturated carbocycles. The predicted molar refractivity (Wildman–Crippen MR) is 78.2 cm³/mol. The number of rotatable bonds is 2. The van der Waals surface area contributed by atoms with E-state index in [1.165, 1.54) is 0 Å². The van der Waals surface area contributed by atoms with Crippen molar-refractivity contribution in [3.8, 4) is 0 Å². The molecule has 0 atom stereocenters. The van der Waals surface area contributed by atoms with E-state index in [1.54, 1.807) is 36.4 Å². The zero-order valence-corrected chi connectivity index (χ0v) is 11.0. The number of hydrogen-bond acceptors (Lipinski definition) is 3. The lowest BCUT2D eigenvalue weighted by Gasteiger charge is -2.07. The second kappa shape index (κ2) is 4.54. The Morgan fingerprint density at radius 1 is 1.10 bits per heavy atom. The molecule has 20 heavy (non-hydrogen) atoms. The normalized spacial score (nSPS) is 10.8. The number of aromatic nitrogens is 2. The van der Waals surface area contributed by atoms with Crippen molar-refractivity contribution in [1.29, 1.82) is 0 Å². The number of ketones is 1. The van der Waals surface area contributed by atoms with E-state index in [2.05, 4.69) is 9.97 Å². The van der Waals surface area contributed by atoms with Gasteiger partial charge in [0.15, 0.2) is 5.78 Å². The molecule has 0 aliphatic carbocycles. The van der Waals surface area contributed by atoms with Gasteiger partial charge >= 0.3 is 5.69 Å². The van der Waals surface area contributed by atoms with Crippen molar-refractivity contribution in [3.63, 3.8) is 0 Å². The predicted octanol–water partition coefficient (Wildman–Crippen LogP) is 2.32. The third-order valence-electron chi connectivity index (χ3n) is 3.05. The first-order valence-electron chi connectivity index (χ1n) is 5.87. The van der Waals surface area contributed by atoms with E-state index in [1.807, 2.05) is 0 Å². The zero-order valence-electron chi connectivity index (χ0n) is 10.2. The second-order valence-electron chi connectivity index (χ2n) is 4.37. The molecular weight excluding hydrogens is 278 g/mol. The molecule has 4 N–H and O–H groups in total. The summed E-state index contributed by atoms with van der Waals surface area (Å²) in [7, 11) is 0. The fraction of sp³-hybridized carbons (Fsp3) is 0. The molecule has 2 aromatic carbocycles. The van der Waals surface area contributed by atoms with E-state index in [9.17, 15) is 9.59 Å². The lowest BCUT2D eigenvalue weighted by Crippen LogP contribution is -2.06. The molecule has 0 radical (unpaired) electrons. The van der Waals surface area contributed by atoms with Gasteiger partial charge in [0.2, 0.25) is 0 Å². The molecule has 1 heterocycles. The van der Waals surface area contributed by atoms with Crippen LogP contribution >= 0.6 is 11.6 Å². The van der Waals surface area contributed by atoms with Gasteiger partial charge in [-0.25, -0.2) is 4.79 Å². The molecule has 100 valence electrons. The third kappa shape index (κ3) is 1.98. The number of carbonyl (C=O) groups excluding carboxylic acids is 1. The first-order chi connectivity index (χ1) is 9.56. The maximum Gasteiger partial charge on any atom is 0.323 e. The summed E-state index contributed by atoms with van der Waals surface area (Å²) >= 11 is 6.03. The van der Waals surface area contributed by atoms with Crippen LogP contribution in [0.3, 0.4) is 0 Å². The zero-order chi connectivity index (χ0) is 14.3. The summed E-state index contributed by atoms with van der Waals surface area (Å²) in [5.41, 5.74) is 7.69. The summed E-state index contributed by atoms with van der Waals surface area (Å²) in [6.45, 7) is 0. The van der Waals surface area contributed by atoms with Crippen LogP contribution in [0.4, 0.5) is 5.69 Å². The molecule has 3 aromatic rings. The smallest absolute Gasteiger partial charge is 0.323 e. The van der Waals surface area contributed by atoms with Crippen LogP contribution in [0.15, 0.2) is 41.2 Å². The SMILES string of the molecule is Nc1cccc(Cl)c1C(=O)c1ccc2[nH]c(=O)[nH]c2c1. The number of imidazole rings is 1. The van der Waals surface area contributed by atoms with Crippen molar-refractivity contribution in [2.45, 2.75) is 0 Å². The lowest BCUT2D eigenvalue weighted by atomic mass is 10.0. The highest BCUT2D eigenvalue weighted by Crippen LogP contribution is 2.25. The van der Waals surface area contributed by atoms with Crippen molar-refractivity contribution >= 4 is 34.1 Å². The van der Waals surface area contributed by atoms with E-state index < -0.39 is 0 Å². The van der Waals surface area contributed by atoms with Crippen molar-refractivity contribution in [3.05, 3.63) is 63.0 Å². The molecule has 3 rings (SSSR count). The minimum Gasteiger partial charge on any atom is -0.398 e. The summed E-state index contributed by atoms with van der Waals surface area (Å²) in [4.78, 5) is 28.9. The number of nitrogens with one attached hydrogen (secondary N) is 2. The van der Waals surface area contributed by atoms with Crippen LogP contribution in [-0.4, -0.2) is 15.8 Å². The van der Waals surface area contributed by atoms with Gasteiger partial charge < -0.3 is 15.7 Å². The van der Waals surface area contributed by atoms with E-state index in [0.29, 0.717) is 27.3 Å². The minimum atomic E-state index is -0.318. The molecule has 0 amide bonds. The highest BCUT2D eigenvalue weighted by Gasteiger charge is 2.16. The Balaban J connectivity index is 2.15. The molecule has 0 bridgehead atoms. The van der Waals surface area contributed by atoms with Gasteiger partial charge in [-0.15, -0.1) is 0 Å². The largest absolute Gasteiger partial charge is 0.398 e. The number of benzene rings is 2. The Morgan fingerprint density at radius 3 is 2.60 bits per heavy atom. The Morgan fingerprint density at radius 2 is 1.85 bits per heavy atom. The Bertz CT molecular complexity index is 859. The Labute approximate surface area is 118 Å². The molecule has 0 unspecified atom stereocenters. The molecular formula is C14H10ClN3O2. The standard InChI is InChI=1S/C14H10ClN3O2/c15-8-2-1-3-9(16)12(8)13(19)7-4-5-10-11(6-7)18-14(20)17-10/h1-6H,16H2,(H2,17,18,20). The topological polar surface area (TPSA) is 91.7 Å². The van der Waals surface area contributed by atoms with Crippen LogP contribution in [0.2, 0.25) is 5.02 Å². The van der Waals surface area contributed by atoms with E-state index in [0.717, 1.165) is 0 Å². The van der Waals surface area contributed by atoms with Crippen LogP contribution in [0.1, 0.15) is 15.9 Å². The number of carbonyl (C=O) groups is 1. The molecule has 0 aliphatic heterocycles. The molecule has 0 saturated heterocycles. The number of hydrogen-bond donors (Lipinski definition) is 3. The van der Waals surface area contributed by atoms with Crippen LogP contribution < -0.4 is 11.4 Å². The van der Waals surface area contributed by atoms with Crippen molar-refractivity contribution in [1.82, 2.24) is 9.97 Å². The number of nitrogen functional groups attached to an aromatic ring is 1. The van der Waals surface area contributed by atoms with E-state index in [-0.39, 0.29) is 17.0 Å². The monoisotopic (exact) mass is 287 g/mol. The van der Waals surface area contributed by atoms with Gasteiger partial charge in [-0.05, 0) is 30.3 Å². The molecule has 0 fully saturated rings. The number of anilines is 1. The van der Waals surface area contributed by atoms with Gasteiger partial charge in [0.1, 0.15) is 0 Å². The average Bonchev–Trinajstić information content (AvgIpc) is 2.77. The lowest BCUT2D eigenvalue weighted by molar-refractivity contribution is 0.104. The average molecular weight is 288 g/mol. The quantitative estimate of drug-likeness (QED) is 0.499. The highest BCUT2D eigenvalue weighted by atomic mass is 35.5. The van der Waals surface area contributed by atoms with Crippen molar-refractivity contribution in [2.75, 3.05) is 5.73 Å².